The van der Waals surface area contributed by atoms with Crippen LogP contribution in [0.4, 0.5) is 0 Å². The lowest BCUT2D eigenvalue weighted by molar-refractivity contribution is 0.171. The van der Waals surface area contributed by atoms with Crippen molar-refractivity contribution in [2.75, 3.05) is 26.3 Å². The molecule has 1 unspecified atom stereocenters. The van der Waals surface area contributed by atoms with Crippen LogP contribution in [-0.4, -0.2) is 26.3 Å². The summed E-state index contributed by atoms with van der Waals surface area (Å²) in [6, 6.07) is 6.27. The monoisotopic (exact) mass is 278 g/mol. The molecule has 112 valence electrons. The van der Waals surface area contributed by atoms with Crippen LogP contribution in [0.2, 0.25) is 0 Å². The second-order valence-corrected chi connectivity index (χ2v) is 5.28. The van der Waals surface area contributed by atoms with E-state index < -0.39 is 0 Å². The molecule has 20 heavy (non-hydrogen) atoms. The van der Waals surface area contributed by atoms with Gasteiger partial charge in [-0.1, -0.05) is 32.8 Å². The normalized spacial score (nSPS) is 15.4. The predicted octanol–water partition coefficient (Wildman–Crippen LogP) is 2.48. The molecule has 0 spiro atoms. The number of fused-ring (bicyclic) bond motifs is 1. The lowest BCUT2D eigenvalue weighted by Crippen LogP contribution is -2.32. The summed E-state index contributed by atoms with van der Waals surface area (Å²) in [6.07, 6.45) is 2.39. The summed E-state index contributed by atoms with van der Waals surface area (Å²) in [7, 11) is 0. The van der Waals surface area contributed by atoms with Crippen molar-refractivity contribution in [1.29, 1.82) is 0 Å². The van der Waals surface area contributed by atoms with Crippen molar-refractivity contribution in [3.05, 3.63) is 23.8 Å². The Morgan fingerprint density at radius 1 is 1.15 bits per heavy atom. The number of nitrogens with two attached hydrogens (primary N) is 1. The Labute approximate surface area is 121 Å². The van der Waals surface area contributed by atoms with Gasteiger partial charge in [-0.05, 0) is 30.2 Å². The highest BCUT2D eigenvalue weighted by Crippen LogP contribution is 2.32. The Bertz CT molecular complexity index is 419. The third kappa shape index (κ3) is 3.64. The van der Waals surface area contributed by atoms with E-state index >= 15 is 0 Å². The molecule has 0 saturated carbocycles. The van der Waals surface area contributed by atoms with E-state index in [1.54, 1.807) is 0 Å². The van der Waals surface area contributed by atoms with Gasteiger partial charge in [0.2, 0.25) is 0 Å². The zero-order chi connectivity index (χ0) is 14.4. The van der Waals surface area contributed by atoms with E-state index in [0.717, 1.165) is 18.0 Å². The van der Waals surface area contributed by atoms with Crippen molar-refractivity contribution in [1.82, 2.24) is 5.32 Å². The summed E-state index contributed by atoms with van der Waals surface area (Å²) in [5.74, 6) is 2.37. The first-order valence-electron chi connectivity index (χ1n) is 7.61. The van der Waals surface area contributed by atoms with Gasteiger partial charge in [-0.2, -0.15) is 0 Å². The van der Waals surface area contributed by atoms with Gasteiger partial charge in [-0.25, -0.2) is 0 Å². The summed E-state index contributed by atoms with van der Waals surface area (Å²) in [6.45, 7) is 7.29. The Balaban J connectivity index is 2.03. The molecule has 1 aliphatic heterocycles. The summed E-state index contributed by atoms with van der Waals surface area (Å²) in [5.41, 5.74) is 7.08. The zero-order valence-electron chi connectivity index (χ0n) is 12.5. The number of ether oxygens (including phenoxy) is 2. The quantitative estimate of drug-likeness (QED) is 0.804. The van der Waals surface area contributed by atoms with Crippen LogP contribution in [0.1, 0.15) is 38.3 Å². The van der Waals surface area contributed by atoms with Gasteiger partial charge in [-0.3, -0.25) is 0 Å². The molecule has 0 aromatic heterocycles. The number of nitrogens with one attached hydrogen (secondary N) is 1. The molecular weight excluding hydrogens is 252 g/mol. The summed E-state index contributed by atoms with van der Waals surface area (Å²) >= 11 is 0. The standard InChI is InChI=1S/C16H26N2O2/c1-3-12(4-2)11-18-14(10-17)13-5-6-15-16(9-13)20-8-7-19-15/h5-6,9,12,14,18H,3-4,7-8,10-11,17H2,1-2H3. The van der Waals surface area contributed by atoms with E-state index in [0.29, 0.717) is 25.7 Å². The second kappa shape index (κ2) is 7.50. The minimum atomic E-state index is 0.173. The van der Waals surface area contributed by atoms with Crippen LogP contribution >= 0.6 is 0 Å². The minimum Gasteiger partial charge on any atom is -0.486 e. The highest BCUT2D eigenvalue weighted by atomic mass is 16.6. The van der Waals surface area contributed by atoms with Gasteiger partial charge in [0.1, 0.15) is 13.2 Å². The fourth-order valence-electron chi connectivity index (χ4n) is 2.50. The number of rotatable bonds is 7. The van der Waals surface area contributed by atoms with Crippen molar-refractivity contribution < 1.29 is 9.47 Å². The van der Waals surface area contributed by atoms with Crippen LogP contribution in [-0.2, 0) is 0 Å². The van der Waals surface area contributed by atoms with Crippen LogP contribution in [0.15, 0.2) is 18.2 Å². The molecular formula is C16H26N2O2. The molecule has 4 heteroatoms. The number of hydrogen-bond acceptors (Lipinski definition) is 4. The van der Waals surface area contributed by atoms with Gasteiger partial charge in [-0.15, -0.1) is 0 Å². The van der Waals surface area contributed by atoms with E-state index in [1.165, 1.54) is 18.4 Å². The smallest absolute Gasteiger partial charge is 0.161 e. The van der Waals surface area contributed by atoms with Gasteiger partial charge in [0.15, 0.2) is 11.5 Å². The highest BCUT2D eigenvalue weighted by Gasteiger charge is 2.16. The van der Waals surface area contributed by atoms with Crippen molar-refractivity contribution >= 4 is 0 Å². The first-order valence-corrected chi connectivity index (χ1v) is 7.61. The van der Waals surface area contributed by atoms with Gasteiger partial charge in [0.05, 0.1) is 0 Å². The fourth-order valence-corrected chi connectivity index (χ4v) is 2.50. The Morgan fingerprint density at radius 3 is 2.50 bits per heavy atom. The van der Waals surface area contributed by atoms with Crippen LogP contribution < -0.4 is 20.5 Å². The van der Waals surface area contributed by atoms with Crippen molar-refractivity contribution in [3.8, 4) is 11.5 Å². The van der Waals surface area contributed by atoms with Crippen molar-refractivity contribution in [3.63, 3.8) is 0 Å². The molecule has 1 aliphatic rings. The van der Waals surface area contributed by atoms with E-state index in [1.807, 2.05) is 12.1 Å². The maximum absolute atomic E-state index is 5.92. The maximum Gasteiger partial charge on any atom is 0.161 e. The van der Waals surface area contributed by atoms with Crippen molar-refractivity contribution in [2.24, 2.45) is 11.7 Å². The first kappa shape index (κ1) is 15.1. The molecule has 0 aliphatic carbocycles. The number of benzene rings is 1. The molecule has 1 atom stereocenters. The average molecular weight is 278 g/mol. The molecule has 0 fully saturated rings. The molecule has 0 radical (unpaired) electrons. The minimum absolute atomic E-state index is 0.173. The van der Waals surface area contributed by atoms with E-state index in [9.17, 15) is 0 Å². The Morgan fingerprint density at radius 2 is 1.85 bits per heavy atom. The topological polar surface area (TPSA) is 56.5 Å². The molecule has 2 rings (SSSR count). The third-order valence-electron chi connectivity index (χ3n) is 4.01. The van der Waals surface area contributed by atoms with E-state index in [2.05, 4.69) is 25.2 Å². The SMILES string of the molecule is CCC(CC)CNC(CN)c1ccc2c(c1)OCCO2. The summed E-state index contributed by atoms with van der Waals surface area (Å²) < 4.78 is 11.2. The predicted molar refractivity (Wildman–Crippen MR) is 81.3 cm³/mol. The molecule has 0 bridgehead atoms. The van der Waals surface area contributed by atoms with Crippen LogP contribution in [0.3, 0.4) is 0 Å². The molecule has 0 amide bonds. The van der Waals surface area contributed by atoms with Gasteiger partial charge >= 0.3 is 0 Å². The van der Waals surface area contributed by atoms with Gasteiger partial charge in [0.25, 0.3) is 0 Å². The zero-order valence-corrected chi connectivity index (χ0v) is 12.5. The lowest BCUT2D eigenvalue weighted by atomic mass is 10.0. The van der Waals surface area contributed by atoms with Crippen LogP contribution in [0, 0.1) is 5.92 Å². The fraction of sp³-hybridized carbons (Fsp3) is 0.625. The highest BCUT2D eigenvalue weighted by molar-refractivity contribution is 5.44. The summed E-state index contributed by atoms with van der Waals surface area (Å²) in [4.78, 5) is 0. The van der Waals surface area contributed by atoms with Crippen LogP contribution in [0.25, 0.3) is 0 Å². The Kier molecular flexibility index (Phi) is 5.68. The van der Waals surface area contributed by atoms with E-state index in [-0.39, 0.29) is 6.04 Å². The lowest BCUT2D eigenvalue weighted by Gasteiger charge is -2.23. The molecule has 4 nitrogen and oxygen atoms in total. The van der Waals surface area contributed by atoms with Gasteiger partial charge in [0, 0.05) is 12.6 Å². The molecule has 0 saturated heterocycles. The third-order valence-corrected chi connectivity index (χ3v) is 4.01. The first-order chi connectivity index (χ1) is 9.78. The van der Waals surface area contributed by atoms with Crippen LogP contribution in [0.5, 0.6) is 11.5 Å². The average Bonchev–Trinajstić information content (AvgIpc) is 2.51. The largest absolute Gasteiger partial charge is 0.486 e. The Hall–Kier alpha value is -1.26. The molecule has 1 heterocycles. The van der Waals surface area contributed by atoms with Crippen molar-refractivity contribution in [2.45, 2.75) is 32.7 Å². The molecule has 1 aromatic rings. The van der Waals surface area contributed by atoms with E-state index in [4.69, 9.17) is 15.2 Å². The maximum atomic E-state index is 5.92. The molecule has 3 N–H and O–H groups in total. The second-order valence-electron chi connectivity index (χ2n) is 5.28. The number of hydrogen-bond donors (Lipinski definition) is 2. The van der Waals surface area contributed by atoms with Gasteiger partial charge < -0.3 is 20.5 Å². The summed E-state index contributed by atoms with van der Waals surface area (Å²) in [5, 5.41) is 3.57. The molecule has 1 aromatic carbocycles.